The Kier molecular flexibility index (Phi) is 6.93. The van der Waals surface area contributed by atoms with E-state index in [0.717, 1.165) is 6.07 Å². The first-order chi connectivity index (χ1) is 17.4. The van der Waals surface area contributed by atoms with Gasteiger partial charge in [-0.25, -0.2) is 0 Å². The minimum absolute atomic E-state index is 0.0165. The Bertz CT molecular complexity index is 1340. The second-order valence-electron chi connectivity index (χ2n) is 8.33. The van der Waals surface area contributed by atoms with Crippen LogP contribution in [-0.2, 0) is 19.6 Å². The number of alkyl halides is 3. The summed E-state index contributed by atoms with van der Waals surface area (Å²) in [7, 11) is -3.23. The van der Waals surface area contributed by atoms with Crippen molar-refractivity contribution in [2.24, 2.45) is 11.8 Å². The van der Waals surface area contributed by atoms with Crippen LogP contribution in [0.25, 0.3) is 0 Å². The van der Waals surface area contributed by atoms with Gasteiger partial charge in [-0.05, 0) is 30.2 Å². The van der Waals surface area contributed by atoms with Crippen LogP contribution >= 0.6 is 0 Å². The number of hydrogen-bond donors (Lipinski definition) is 0. The summed E-state index contributed by atoms with van der Waals surface area (Å²) in [5, 5.41) is 0. The minimum atomic E-state index is -6.07. The molecule has 0 N–H and O–H groups in total. The monoisotopic (exact) mass is 544 g/mol. The summed E-state index contributed by atoms with van der Waals surface area (Å²) < 4.78 is 95.2. The highest BCUT2D eigenvalue weighted by molar-refractivity contribution is 7.88. The molecule has 2 aliphatic heterocycles. The van der Waals surface area contributed by atoms with Crippen molar-refractivity contribution >= 4 is 16.1 Å². The first-order valence-electron chi connectivity index (χ1n) is 10.9. The molecule has 13 heteroatoms. The summed E-state index contributed by atoms with van der Waals surface area (Å²) in [5.74, 6) is -3.13. The standard InChI is InChI=1S/C24H23F3O9S/c1-5-13-10-33-23(28)21(13)20(14-6-12(2)22(32-4)19(7-14)31-3)15-8-17-18(35-11-34-17)9-16(15)36-37(29,30)24(25,26)27/h5-9,13,20-21H,1,10-11H2,2-4H3/t13-,20?,21?/m0/s1. The smallest absolute Gasteiger partial charge is 0.493 e. The molecule has 0 radical (unpaired) electrons. The molecule has 2 aromatic rings. The van der Waals surface area contributed by atoms with Crippen LogP contribution in [0.2, 0.25) is 0 Å². The van der Waals surface area contributed by atoms with E-state index in [1.807, 2.05) is 0 Å². The number of esters is 1. The molecule has 4 rings (SSSR count). The van der Waals surface area contributed by atoms with Crippen LogP contribution in [0.15, 0.2) is 36.9 Å². The third kappa shape index (κ3) is 4.75. The highest BCUT2D eigenvalue weighted by Crippen LogP contribution is 2.50. The van der Waals surface area contributed by atoms with E-state index >= 15 is 0 Å². The molecule has 0 aliphatic carbocycles. The minimum Gasteiger partial charge on any atom is -0.493 e. The van der Waals surface area contributed by atoms with Crippen LogP contribution in [0.3, 0.4) is 0 Å². The van der Waals surface area contributed by atoms with Crippen molar-refractivity contribution in [2.75, 3.05) is 27.6 Å². The Morgan fingerprint density at radius 3 is 2.32 bits per heavy atom. The van der Waals surface area contributed by atoms with Gasteiger partial charge in [-0.2, -0.15) is 21.6 Å². The first-order valence-corrected chi connectivity index (χ1v) is 12.3. The van der Waals surface area contributed by atoms with E-state index < -0.39 is 45.1 Å². The van der Waals surface area contributed by atoms with Gasteiger partial charge in [-0.1, -0.05) is 12.1 Å². The van der Waals surface area contributed by atoms with Crippen LogP contribution in [0.1, 0.15) is 22.6 Å². The number of rotatable bonds is 8. The topological polar surface area (TPSA) is 107 Å². The van der Waals surface area contributed by atoms with Gasteiger partial charge in [0.25, 0.3) is 0 Å². The maximum atomic E-state index is 13.3. The summed E-state index contributed by atoms with van der Waals surface area (Å²) >= 11 is 0. The summed E-state index contributed by atoms with van der Waals surface area (Å²) in [6.07, 6.45) is 1.50. The number of carbonyl (C=O) groups is 1. The molecule has 0 bridgehead atoms. The molecule has 0 saturated carbocycles. The molecule has 200 valence electrons. The Hall–Kier alpha value is -3.61. The average molecular weight is 545 g/mol. The van der Waals surface area contributed by atoms with Crippen LogP contribution in [-0.4, -0.2) is 47.5 Å². The number of halogens is 3. The molecular formula is C24H23F3O9S. The quantitative estimate of drug-likeness (QED) is 0.210. The van der Waals surface area contributed by atoms with Crippen molar-refractivity contribution < 1.29 is 54.3 Å². The molecule has 0 aromatic heterocycles. The van der Waals surface area contributed by atoms with Crippen molar-refractivity contribution in [3.63, 3.8) is 0 Å². The van der Waals surface area contributed by atoms with Gasteiger partial charge in [0.15, 0.2) is 28.7 Å². The fraction of sp³-hybridized carbons (Fsp3) is 0.375. The molecule has 3 atom stereocenters. The van der Waals surface area contributed by atoms with E-state index in [4.69, 9.17) is 23.7 Å². The maximum Gasteiger partial charge on any atom is 0.534 e. The number of carbonyl (C=O) groups excluding carboxylic acids is 1. The van der Waals surface area contributed by atoms with Crippen molar-refractivity contribution in [1.29, 1.82) is 0 Å². The zero-order chi connectivity index (χ0) is 27.1. The third-order valence-electron chi connectivity index (χ3n) is 6.18. The number of fused-ring (bicyclic) bond motifs is 1. The molecule has 9 nitrogen and oxygen atoms in total. The largest absolute Gasteiger partial charge is 0.534 e. The summed E-state index contributed by atoms with van der Waals surface area (Å²) in [6, 6.07) is 5.50. The van der Waals surface area contributed by atoms with Crippen LogP contribution in [0, 0.1) is 18.8 Å². The van der Waals surface area contributed by atoms with Crippen molar-refractivity contribution in [1.82, 2.24) is 0 Å². The van der Waals surface area contributed by atoms with Crippen LogP contribution in [0.5, 0.6) is 28.7 Å². The highest BCUT2D eigenvalue weighted by Gasteiger charge is 2.50. The number of ether oxygens (including phenoxy) is 5. The molecule has 2 heterocycles. The van der Waals surface area contributed by atoms with Gasteiger partial charge in [0.05, 0.1) is 26.7 Å². The number of cyclic esters (lactones) is 1. The average Bonchev–Trinajstić information content (AvgIpc) is 3.44. The highest BCUT2D eigenvalue weighted by atomic mass is 32.2. The Morgan fingerprint density at radius 2 is 1.73 bits per heavy atom. The van der Waals surface area contributed by atoms with E-state index in [1.54, 1.807) is 19.1 Å². The normalized spacial score (nSPS) is 19.8. The van der Waals surface area contributed by atoms with E-state index in [9.17, 15) is 26.4 Å². The molecule has 2 aromatic carbocycles. The number of benzene rings is 2. The predicted molar refractivity (Wildman–Crippen MR) is 122 cm³/mol. The van der Waals surface area contributed by atoms with Gasteiger partial charge < -0.3 is 27.9 Å². The molecule has 2 unspecified atom stereocenters. The third-order valence-corrected chi connectivity index (χ3v) is 7.15. The van der Waals surface area contributed by atoms with Crippen molar-refractivity contribution in [3.05, 3.63) is 53.6 Å². The van der Waals surface area contributed by atoms with Gasteiger partial charge in [0.2, 0.25) is 6.79 Å². The fourth-order valence-electron chi connectivity index (χ4n) is 4.51. The lowest BCUT2D eigenvalue weighted by Crippen LogP contribution is -2.29. The maximum absolute atomic E-state index is 13.3. The summed E-state index contributed by atoms with van der Waals surface area (Å²) in [5.41, 5.74) is -4.78. The number of hydrogen-bond acceptors (Lipinski definition) is 9. The lowest BCUT2D eigenvalue weighted by Gasteiger charge is -2.28. The number of methoxy groups -OCH3 is 2. The molecule has 1 fully saturated rings. The van der Waals surface area contributed by atoms with E-state index in [-0.39, 0.29) is 36.2 Å². The van der Waals surface area contributed by atoms with Crippen molar-refractivity contribution in [2.45, 2.75) is 18.3 Å². The summed E-state index contributed by atoms with van der Waals surface area (Å²) in [4.78, 5) is 13.0. The Labute approximate surface area is 210 Å². The fourth-order valence-corrected chi connectivity index (χ4v) is 4.99. The van der Waals surface area contributed by atoms with E-state index in [0.29, 0.717) is 16.9 Å². The zero-order valence-corrected chi connectivity index (χ0v) is 20.8. The molecule has 1 saturated heterocycles. The Balaban J connectivity index is 2.00. The van der Waals surface area contributed by atoms with Gasteiger partial charge in [0.1, 0.15) is 0 Å². The second kappa shape index (κ2) is 9.69. The second-order valence-corrected chi connectivity index (χ2v) is 9.87. The lowest BCUT2D eigenvalue weighted by molar-refractivity contribution is -0.141. The van der Waals surface area contributed by atoms with Gasteiger partial charge in [0, 0.05) is 23.5 Å². The van der Waals surface area contributed by atoms with E-state index in [2.05, 4.69) is 10.8 Å². The first kappa shape index (κ1) is 26.5. The van der Waals surface area contributed by atoms with Gasteiger partial charge >= 0.3 is 21.6 Å². The zero-order valence-electron chi connectivity index (χ0n) is 20.0. The van der Waals surface area contributed by atoms with E-state index in [1.165, 1.54) is 26.4 Å². The van der Waals surface area contributed by atoms with Gasteiger partial charge in [-0.15, -0.1) is 6.58 Å². The molecule has 37 heavy (non-hydrogen) atoms. The number of aryl methyl sites for hydroxylation is 1. The molecule has 2 aliphatic rings. The molecule has 0 amide bonds. The lowest BCUT2D eigenvalue weighted by atomic mass is 9.74. The predicted octanol–water partition coefficient (Wildman–Crippen LogP) is 4.08. The molecule has 0 spiro atoms. The van der Waals surface area contributed by atoms with Crippen LogP contribution < -0.4 is 23.1 Å². The Morgan fingerprint density at radius 1 is 1.05 bits per heavy atom. The van der Waals surface area contributed by atoms with Crippen molar-refractivity contribution in [3.8, 4) is 28.7 Å². The SMILES string of the molecule is C=C[C@H]1COC(=O)C1C(c1cc(C)c(OC)c(OC)c1)c1cc2c(cc1OS(=O)(=O)C(F)(F)F)OCO2. The molecular weight excluding hydrogens is 521 g/mol. The van der Waals surface area contributed by atoms with Gasteiger partial charge in [-0.3, -0.25) is 4.79 Å². The van der Waals surface area contributed by atoms with Crippen LogP contribution in [0.4, 0.5) is 13.2 Å². The summed E-state index contributed by atoms with van der Waals surface area (Å²) in [6.45, 7) is 5.20.